The van der Waals surface area contributed by atoms with Crippen LogP contribution in [0.3, 0.4) is 0 Å². The van der Waals surface area contributed by atoms with Crippen LogP contribution >= 0.6 is 0 Å². The van der Waals surface area contributed by atoms with E-state index in [1.807, 2.05) is 0 Å². The van der Waals surface area contributed by atoms with Gasteiger partial charge in [0.25, 0.3) is 5.91 Å². The van der Waals surface area contributed by atoms with E-state index < -0.39 is 24.5 Å². The van der Waals surface area contributed by atoms with Crippen LogP contribution in [0.15, 0.2) is 46.9 Å². The van der Waals surface area contributed by atoms with Gasteiger partial charge in [-0.3, -0.25) is 4.79 Å². The van der Waals surface area contributed by atoms with Crippen LogP contribution < -0.4 is 5.32 Å². The molecule has 0 saturated carbocycles. The third kappa shape index (κ3) is 5.62. The van der Waals surface area contributed by atoms with Gasteiger partial charge in [-0.15, -0.1) is 0 Å². The molecule has 0 aliphatic heterocycles. The highest BCUT2D eigenvalue weighted by atomic mass is 16.5. The largest absolute Gasteiger partial charge is 0.462 e. The summed E-state index contributed by atoms with van der Waals surface area (Å²) in [5.74, 6) is -0.577. The zero-order chi connectivity index (χ0) is 18.9. The van der Waals surface area contributed by atoms with Crippen LogP contribution in [0.5, 0.6) is 0 Å². The molecule has 1 aromatic heterocycles. The Kier molecular flexibility index (Phi) is 6.73. The number of carbonyl (C=O) groups is 3. The maximum atomic E-state index is 11.9. The Balaban J connectivity index is 1.88. The van der Waals surface area contributed by atoms with Crippen molar-refractivity contribution in [3.63, 3.8) is 0 Å². The molecule has 0 aliphatic carbocycles. The third-order valence-electron chi connectivity index (χ3n) is 3.19. The number of hydrogen-bond acceptors (Lipinski definition) is 6. The lowest BCUT2D eigenvalue weighted by molar-refractivity contribution is -0.142. The molecule has 0 spiro atoms. The molecule has 0 radical (unpaired) electrons. The van der Waals surface area contributed by atoms with Gasteiger partial charge in [-0.25, -0.2) is 9.59 Å². The third-order valence-corrected chi connectivity index (χ3v) is 3.19. The molecule has 0 atom stereocenters. The summed E-state index contributed by atoms with van der Waals surface area (Å²) in [6.45, 7) is 3.21. The number of carbonyl (C=O) groups excluding carboxylic acids is 3. The predicted octanol–water partition coefficient (Wildman–Crippen LogP) is 2.96. The molecule has 2 aromatic rings. The zero-order valence-electron chi connectivity index (χ0n) is 14.5. The molecule has 0 bridgehead atoms. The number of rotatable bonds is 7. The van der Waals surface area contributed by atoms with Crippen LogP contribution in [0.25, 0.3) is 6.08 Å². The van der Waals surface area contributed by atoms with E-state index in [9.17, 15) is 14.4 Å². The number of furan rings is 1. The van der Waals surface area contributed by atoms with Crippen molar-refractivity contribution in [2.75, 3.05) is 18.5 Å². The number of para-hydroxylation sites is 1. The van der Waals surface area contributed by atoms with Crippen LogP contribution in [0.2, 0.25) is 0 Å². The maximum Gasteiger partial charge on any atom is 0.340 e. The van der Waals surface area contributed by atoms with E-state index in [0.717, 1.165) is 11.8 Å². The summed E-state index contributed by atoms with van der Waals surface area (Å²) in [7, 11) is 0. The Morgan fingerprint density at radius 3 is 2.58 bits per heavy atom. The Morgan fingerprint density at radius 2 is 1.88 bits per heavy atom. The van der Waals surface area contributed by atoms with Crippen LogP contribution in [-0.4, -0.2) is 31.1 Å². The topological polar surface area (TPSA) is 94.8 Å². The Hall–Kier alpha value is -3.35. The molecule has 26 heavy (non-hydrogen) atoms. The fourth-order valence-electron chi connectivity index (χ4n) is 2.04. The summed E-state index contributed by atoms with van der Waals surface area (Å²) < 4.78 is 15.1. The molecule has 136 valence electrons. The van der Waals surface area contributed by atoms with Crippen molar-refractivity contribution in [2.45, 2.75) is 13.8 Å². The van der Waals surface area contributed by atoms with Gasteiger partial charge < -0.3 is 19.2 Å². The number of aryl methyl sites for hydroxylation is 1. The maximum absolute atomic E-state index is 11.9. The number of anilines is 1. The summed E-state index contributed by atoms with van der Waals surface area (Å²) in [4.78, 5) is 35.4. The van der Waals surface area contributed by atoms with Crippen molar-refractivity contribution in [2.24, 2.45) is 0 Å². The first-order valence-corrected chi connectivity index (χ1v) is 7.97. The monoisotopic (exact) mass is 357 g/mol. The minimum atomic E-state index is -0.687. The molecule has 0 saturated heterocycles. The molecule has 0 aliphatic rings. The molecule has 0 fully saturated rings. The second-order valence-corrected chi connectivity index (χ2v) is 5.20. The van der Waals surface area contributed by atoms with E-state index in [-0.39, 0.29) is 17.9 Å². The SMILES string of the molecule is CCOC(=O)c1ccccc1NC(=O)COC(=O)/C=C/c1ccc(C)o1. The number of nitrogens with one attached hydrogen (secondary N) is 1. The summed E-state index contributed by atoms with van der Waals surface area (Å²) in [6, 6.07) is 9.89. The molecule has 1 heterocycles. The second-order valence-electron chi connectivity index (χ2n) is 5.20. The van der Waals surface area contributed by atoms with Crippen molar-refractivity contribution in [1.29, 1.82) is 0 Å². The summed E-state index contributed by atoms with van der Waals surface area (Å²) in [6.07, 6.45) is 2.61. The standard InChI is InChI=1S/C19H19NO6/c1-3-24-19(23)15-6-4-5-7-16(15)20-17(21)12-25-18(22)11-10-14-9-8-13(2)26-14/h4-11H,3,12H2,1-2H3,(H,20,21)/b11-10+. The summed E-state index contributed by atoms with van der Waals surface area (Å²) in [5, 5.41) is 2.52. The van der Waals surface area contributed by atoms with Crippen molar-refractivity contribution >= 4 is 29.6 Å². The number of esters is 2. The average Bonchev–Trinajstić information content (AvgIpc) is 3.04. The first kappa shape index (κ1) is 19.0. The van der Waals surface area contributed by atoms with E-state index in [1.165, 1.54) is 12.1 Å². The Labute approximate surface area is 150 Å². The van der Waals surface area contributed by atoms with Gasteiger partial charge in [-0.1, -0.05) is 12.1 Å². The molecule has 2 rings (SSSR count). The van der Waals surface area contributed by atoms with Gasteiger partial charge >= 0.3 is 11.9 Å². The first-order chi connectivity index (χ1) is 12.5. The molecule has 7 nitrogen and oxygen atoms in total. The van der Waals surface area contributed by atoms with Gasteiger partial charge in [0.1, 0.15) is 11.5 Å². The highest BCUT2D eigenvalue weighted by Crippen LogP contribution is 2.16. The minimum Gasteiger partial charge on any atom is -0.462 e. The number of benzene rings is 1. The van der Waals surface area contributed by atoms with Crippen LogP contribution in [0, 0.1) is 6.92 Å². The van der Waals surface area contributed by atoms with Crippen molar-refractivity contribution in [3.05, 3.63) is 59.6 Å². The van der Waals surface area contributed by atoms with Gasteiger partial charge in [0.2, 0.25) is 0 Å². The predicted molar refractivity (Wildman–Crippen MR) is 94.5 cm³/mol. The molecule has 7 heteroatoms. The number of hydrogen-bond donors (Lipinski definition) is 1. The highest BCUT2D eigenvalue weighted by Gasteiger charge is 2.14. The fraction of sp³-hybridized carbons (Fsp3) is 0.211. The lowest BCUT2D eigenvalue weighted by Crippen LogP contribution is -2.21. The van der Waals surface area contributed by atoms with E-state index in [0.29, 0.717) is 5.76 Å². The van der Waals surface area contributed by atoms with Gasteiger partial charge in [-0.2, -0.15) is 0 Å². The quantitative estimate of drug-likeness (QED) is 0.605. The summed E-state index contributed by atoms with van der Waals surface area (Å²) in [5.41, 5.74) is 0.510. The number of amides is 1. The lowest BCUT2D eigenvalue weighted by atomic mass is 10.2. The van der Waals surface area contributed by atoms with Crippen molar-refractivity contribution in [1.82, 2.24) is 0 Å². The molecule has 1 amide bonds. The van der Waals surface area contributed by atoms with Crippen LogP contribution in [-0.2, 0) is 19.1 Å². The fourth-order valence-corrected chi connectivity index (χ4v) is 2.04. The van der Waals surface area contributed by atoms with E-state index >= 15 is 0 Å². The Morgan fingerprint density at radius 1 is 1.12 bits per heavy atom. The van der Waals surface area contributed by atoms with Gasteiger partial charge in [0.05, 0.1) is 17.9 Å². The minimum absolute atomic E-state index is 0.222. The van der Waals surface area contributed by atoms with E-state index in [1.54, 1.807) is 44.2 Å². The first-order valence-electron chi connectivity index (χ1n) is 7.97. The van der Waals surface area contributed by atoms with Gasteiger partial charge in [-0.05, 0) is 44.2 Å². The van der Waals surface area contributed by atoms with E-state index in [4.69, 9.17) is 13.9 Å². The van der Waals surface area contributed by atoms with Crippen LogP contribution in [0.1, 0.15) is 28.8 Å². The Bertz CT molecular complexity index is 821. The van der Waals surface area contributed by atoms with Gasteiger partial charge in [0.15, 0.2) is 6.61 Å². The molecular formula is C19H19NO6. The zero-order valence-corrected chi connectivity index (χ0v) is 14.5. The van der Waals surface area contributed by atoms with Crippen LogP contribution in [0.4, 0.5) is 5.69 Å². The van der Waals surface area contributed by atoms with Crippen molar-refractivity contribution in [3.8, 4) is 0 Å². The average molecular weight is 357 g/mol. The molecule has 1 aromatic carbocycles. The smallest absolute Gasteiger partial charge is 0.340 e. The lowest BCUT2D eigenvalue weighted by Gasteiger charge is -2.10. The van der Waals surface area contributed by atoms with E-state index in [2.05, 4.69) is 5.32 Å². The normalized spacial score (nSPS) is 10.5. The van der Waals surface area contributed by atoms with Gasteiger partial charge in [0, 0.05) is 6.08 Å². The highest BCUT2D eigenvalue weighted by molar-refractivity contribution is 6.02. The second kappa shape index (κ2) is 9.22. The molecular weight excluding hydrogens is 338 g/mol. The summed E-state index contributed by atoms with van der Waals surface area (Å²) >= 11 is 0. The van der Waals surface area contributed by atoms with Crippen molar-refractivity contribution < 1.29 is 28.3 Å². The molecule has 0 unspecified atom stereocenters. The molecule has 1 N–H and O–H groups in total. The number of ether oxygens (including phenoxy) is 2.